The second-order valence-corrected chi connectivity index (χ2v) is 3.39. The third kappa shape index (κ3) is 4.10. The highest BCUT2D eigenvalue weighted by atomic mass is 16.5. The van der Waals surface area contributed by atoms with E-state index >= 15 is 0 Å². The first-order valence-corrected chi connectivity index (χ1v) is 4.92. The van der Waals surface area contributed by atoms with Crippen LogP contribution in [-0.2, 0) is 11.3 Å². The lowest BCUT2D eigenvalue weighted by Gasteiger charge is -2.06. The van der Waals surface area contributed by atoms with Gasteiger partial charge in [-0.15, -0.1) is 0 Å². The lowest BCUT2D eigenvalue weighted by molar-refractivity contribution is -0.129. The topological polar surface area (TPSA) is 61.4 Å². The minimum Gasteiger partial charge on any atom is -0.312 e. The lowest BCUT2D eigenvalue weighted by Crippen LogP contribution is -2.25. The molecule has 15 heavy (non-hydrogen) atoms. The van der Waals surface area contributed by atoms with Gasteiger partial charge in [0.1, 0.15) is 0 Å². The van der Waals surface area contributed by atoms with E-state index < -0.39 is 0 Å². The van der Waals surface area contributed by atoms with Crippen molar-refractivity contribution < 1.29 is 10.0 Å². The molecule has 0 aliphatic heterocycles. The monoisotopic (exact) mass is 208 g/mol. The average molecular weight is 208 g/mol. The summed E-state index contributed by atoms with van der Waals surface area (Å²) in [6.45, 7) is 3.35. The molecule has 1 rings (SSSR count). The van der Waals surface area contributed by atoms with Crippen molar-refractivity contribution in [3.05, 3.63) is 35.4 Å². The van der Waals surface area contributed by atoms with Gasteiger partial charge in [0.25, 0.3) is 0 Å². The van der Waals surface area contributed by atoms with Crippen molar-refractivity contribution in [2.75, 3.05) is 6.54 Å². The first-order valence-electron chi connectivity index (χ1n) is 4.92. The van der Waals surface area contributed by atoms with Gasteiger partial charge >= 0.3 is 0 Å². The number of aryl methyl sites for hydroxylation is 1. The second-order valence-electron chi connectivity index (χ2n) is 3.39. The van der Waals surface area contributed by atoms with Crippen molar-refractivity contribution >= 4 is 5.91 Å². The number of rotatable bonds is 5. The quantitative estimate of drug-likeness (QED) is 0.384. The summed E-state index contributed by atoms with van der Waals surface area (Å²) in [4.78, 5) is 10.7. The van der Waals surface area contributed by atoms with Crippen LogP contribution in [-0.4, -0.2) is 17.7 Å². The Morgan fingerprint density at radius 1 is 1.40 bits per heavy atom. The number of carbonyl (C=O) groups is 1. The molecule has 0 saturated heterocycles. The van der Waals surface area contributed by atoms with Gasteiger partial charge in [0.15, 0.2) is 0 Å². The van der Waals surface area contributed by atoms with Gasteiger partial charge in [-0.3, -0.25) is 10.0 Å². The van der Waals surface area contributed by atoms with Crippen molar-refractivity contribution in [2.45, 2.75) is 19.9 Å². The molecule has 0 radical (unpaired) electrons. The van der Waals surface area contributed by atoms with E-state index in [1.54, 1.807) is 5.48 Å². The van der Waals surface area contributed by atoms with Crippen LogP contribution in [0.15, 0.2) is 24.3 Å². The molecule has 3 N–H and O–H groups in total. The predicted molar refractivity (Wildman–Crippen MR) is 57.4 cm³/mol. The maximum absolute atomic E-state index is 10.7. The third-order valence-corrected chi connectivity index (χ3v) is 2.23. The fourth-order valence-corrected chi connectivity index (χ4v) is 1.29. The molecule has 1 aromatic rings. The highest BCUT2D eigenvalue weighted by molar-refractivity contribution is 5.74. The average Bonchev–Trinajstić information content (AvgIpc) is 2.26. The van der Waals surface area contributed by atoms with Crippen molar-refractivity contribution in [1.82, 2.24) is 10.8 Å². The normalized spacial score (nSPS) is 10.0. The minimum absolute atomic E-state index is 0.280. The summed E-state index contributed by atoms with van der Waals surface area (Å²) in [6.07, 6.45) is 0.280. The minimum atomic E-state index is -0.368. The zero-order valence-corrected chi connectivity index (χ0v) is 8.79. The van der Waals surface area contributed by atoms with Crippen LogP contribution < -0.4 is 10.8 Å². The van der Waals surface area contributed by atoms with Crippen LogP contribution in [0.2, 0.25) is 0 Å². The van der Waals surface area contributed by atoms with Gasteiger partial charge in [-0.2, -0.15) is 0 Å². The van der Waals surface area contributed by atoms with Gasteiger partial charge in [-0.1, -0.05) is 24.3 Å². The van der Waals surface area contributed by atoms with E-state index in [9.17, 15) is 4.79 Å². The summed E-state index contributed by atoms with van der Waals surface area (Å²) < 4.78 is 0. The Bertz CT molecular complexity index is 326. The van der Waals surface area contributed by atoms with Gasteiger partial charge in [0, 0.05) is 19.5 Å². The molecule has 0 saturated carbocycles. The predicted octanol–water partition coefficient (Wildman–Crippen LogP) is 0.980. The molecule has 0 aromatic heterocycles. The van der Waals surface area contributed by atoms with E-state index in [1.807, 2.05) is 12.1 Å². The zero-order valence-electron chi connectivity index (χ0n) is 8.79. The summed E-state index contributed by atoms with van der Waals surface area (Å²) in [7, 11) is 0. The highest BCUT2D eigenvalue weighted by Gasteiger charge is 1.99. The Morgan fingerprint density at radius 2 is 2.13 bits per heavy atom. The Kier molecular flexibility index (Phi) is 4.80. The van der Waals surface area contributed by atoms with E-state index in [4.69, 9.17) is 5.21 Å². The van der Waals surface area contributed by atoms with Gasteiger partial charge in [0.05, 0.1) is 0 Å². The summed E-state index contributed by atoms with van der Waals surface area (Å²) in [6, 6.07) is 8.09. The van der Waals surface area contributed by atoms with Crippen LogP contribution in [0.1, 0.15) is 17.5 Å². The van der Waals surface area contributed by atoms with E-state index in [2.05, 4.69) is 24.4 Å². The molecule has 82 valence electrons. The number of hydrogen-bond acceptors (Lipinski definition) is 3. The molecule has 4 heteroatoms. The van der Waals surface area contributed by atoms with Crippen molar-refractivity contribution in [3.63, 3.8) is 0 Å². The summed E-state index contributed by atoms with van der Waals surface area (Å²) >= 11 is 0. The van der Waals surface area contributed by atoms with E-state index in [-0.39, 0.29) is 12.3 Å². The lowest BCUT2D eigenvalue weighted by atomic mass is 10.1. The number of hydroxylamine groups is 1. The molecule has 4 nitrogen and oxygen atoms in total. The fourth-order valence-electron chi connectivity index (χ4n) is 1.29. The third-order valence-electron chi connectivity index (χ3n) is 2.23. The first-order chi connectivity index (χ1) is 7.24. The number of amides is 1. The molecule has 0 aliphatic rings. The smallest absolute Gasteiger partial charge is 0.244 e. The fraction of sp³-hybridized carbons (Fsp3) is 0.364. The van der Waals surface area contributed by atoms with Crippen LogP contribution in [0.3, 0.4) is 0 Å². The number of benzene rings is 1. The maximum Gasteiger partial charge on any atom is 0.244 e. The Balaban J connectivity index is 2.26. The molecule has 1 amide bonds. The van der Waals surface area contributed by atoms with Crippen molar-refractivity contribution in [2.24, 2.45) is 0 Å². The maximum atomic E-state index is 10.7. The molecule has 0 bridgehead atoms. The van der Waals surface area contributed by atoms with E-state index in [0.717, 1.165) is 6.54 Å². The molecule has 0 fully saturated rings. The van der Waals surface area contributed by atoms with Gasteiger partial charge in [-0.25, -0.2) is 5.48 Å². The molecule has 0 spiro atoms. The molecule has 1 aromatic carbocycles. The molecular formula is C11H16N2O2. The summed E-state index contributed by atoms with van der Waals surface area (Å²) in [5.41, 5.74) is 4.05. The van der Waals surface area contributed by atoms with E-state index in [1.165, 1.54) is 11.1 Å². The van der Waals surface area contributed by atoms with Crippen LogP contribution >= 0.6 is 0 Å². The molecule has 0 unspecified atom stereocenters. The highest BCUT2D eigenvalue weighted by Crippen LogP contribution is 2.05. The van der Waals surface area contributed by atoms with Crippen LogP contribution in [0, 0.1) is 6.92 Å². The van der Waals surface area contributed by atoms with E-state index in [0.29, 0.717) is 6.54 Å². The number of nitrogens with one attached hydrogen (secondary N) is 2. The largest absolute Gasteiger partial charge is 0.312 e. The van der Waals surface area contributed by atoms with Crippen molar-refractivity contribution in [1.29, 1.82) is 0 Å². The van der Waals surface area contributed by atoms with Gasteiger partial charge in [0.2, 0.25) is 5.91 Å². The number of hydrogen-bond donors (Lipinski definition) is 3. The van der Waals surface area contributed by atoms with Crippen LogP contribution in [0.5, 0.6) is 0 Å². The molecule has 0 atom stereocenters. The second kappa shape index (κ2) is 6.16. The SMILES string of the molecule is Cc1ccccc1CNCCC(=O)NO. The van der Waals surface area contributed by atoms with Crippen LogP contribution in [0.4, 0.5) is 0 Å². The summed E-state index contributed by atoms with van der Waals surface area (Å²) in [5, 5.41) is 11.4. The first kappa shape index (κ1) is 11.7. The molecule has 0 aliphatic carbocycles. The Labute approximate surface area is 89.3 Å². The van der Waals surface area contributed by atoms with Crippen LogP contribution in [0.25, 0.3) is 0 Å². The molecular weight excluding hydrogens is 192 g/mol. The van der Waals surface area contributed by atoms with Gasteiger partial charge in [-0.05, 0) is 18.1 Å². The Morgan fingerprint density at radius 3 is 2.80 bits per heavy atom. The van der Waals surface area contributed by atoms with Gasteiger partial charge < -0.3 is 5.32 Å². The van der Waals surface area contributed by atoms with Crippen molar-refractivity contribution in [3.8, 4) is 0 Å². The standard InChI is InChI=1S/C11H16N2O2/c1-9-4-2-3-5-10(9)8-12-7-6-11(14)13-15/h2-5,12,15H,6-8H2,1H3,(H,13,14). The number of carbonyl (C=O) groups excluding carboxylic acids is 1. The zero-order chi connectivity index (χ0) is 11.1. The summed E-state index contributed by atoms with van der Waals surface area (Å²) in [5.74, 6) is -0.368. The molecule has 0 heterocycles. The Hall–Kier alpha value is -1.39.